The molecule has 0 aliphatic rings. The van der Waals surface area contributed by atoms with Gasteiger partial charge < -0.3 is 14.6 Å². The van der Waals surface area contributed by atoms with E-state index in [2.05, 4.69) is 10.5 Å². The van der Waals surface area contributed by atoms with E-state index in [1.54, 1.807) is 13.8 Å². The summed E-state index contributed by atoms with van der Waals surface area (Å²) in [6, 6.07) is 5.21. The lowest BCUT2D eigenvalue weighted by atomic mass is 10.2. The molecule has 0 unspecified atom stereocenters. The molecule has 0 aliphatic heterocycles. The van der Waals surface area contributed by atoms with E-state index in [9.17, 15) is 19.7 Å². The summed E-state index contributed by atoms with van der Waals surface area (Å²) in [6.07, 6.45) is 0. The topological polar surface area (TPSA) is 125 Å². The number of aryl methyl sites for hydroxylation is 2. The number of nitro benzene ring substituents is 1. The zero-order valence-electron chi connectivity index (χ0n) is 13.1. The SMILES string of the molecule is Cc1noc(C)c1COC(=O)CNC(=O)c1cccc([N+](=O)[O-])c1. The fraction of sp³-hybridized carbons (Fsp3) is 0.267. The van der Waals surface area contributed by atoms with Crippen LogP contribution in [0.15, 0.2) is 28.8 Å². The van der Waals surface area contributed by atoms with Gasteiger partial charge in [0.2, 0.25) is 0 Å². The second kappa shape index (κ2) is 7.36. The first-order valence-corrected chi connectivity index (χ1v) is 6.98. The molecule has 24 heavy (non-hydrogen) atoms. The van der Waals surface area contributed by atoms with Crippen LogP contribution in [-0.2, 0) is 16.1 Å². The maximum atomic E-state index is 11.9. The predicted molar refractivity (Wildman–Crippen MR) is 81.2 cm³/mol. The maximum Gasteiger partial charge on any atom is 0.325 e. The molecule has 1 N–H and O–H groups in total. The van der Waals surface area contributed by atoms with Gasteiger partial charge in [-0.2, -0.15) is 0 Å². The van der Waals surface area contributed by atoms with Crippen LogP contribution in [0.1, 0.15) is 27.4 Å². The number of aromatic nitrogens is 1. The lowest BCUT2D eigenvalue weighted by Gasteiger charge is -2.06. The van der Waals surface area contributed by atoms with Crippen molar-refractivity contribution in [2.45, 2.75) is 20.5 Å². The molecular weight excluding hydrogens is 318 g/mol. The highest BCUT2D eigenvalue weighted by Gasteiger charge is 2.14. The van der Waals surface area contributed by atoms with Crippen LogP contribution in [0.4, 0.5) is 5.69 Å². The molecule has 0 saturated carbocycles. The molecule has 2 aromatic rings. The van der Waals surface area contributed by atoms with Gasteiger partial charge in [0.05, 0.1) is 16.2 Å². The van der Waals surface area contributed by atoms with E-state index in [-0.39, 0.29) is 24.4 Å². The van der Waals surface area contributed by atoms with E-state index in [4.69, 9.17) is 9.26 Å². The zero-order valence-corrected chi connectivity index (χ0v) is 13.1. The first-order chi connectivity index (χ1) is 11.4. The van der Waals surface area contributed by atoms with Crippen molar-refractivity contribution in [1.82, 2.24) is 10.5 Å². The number of carbonyl (C=O) groups is 2. The summed E-state index contributed by atoms with van der Waals surface area (Å²) in [6.45, 7) is 3.06. The van der Waals surface area contributed by atoms with Crippen LogP contribution in [-0.4, -0.2) is 28.5 Å². The van der Waals surface area contributed by atoms with Crippen LogP contribution in [0.3, 0.4) is 0 Å². The third-order valence-corrected chi connectivity index (χ3v) is 3.27. The molecule has 1 amide bonds. The summed E-state index contributed by atoms with van der Waals surface area (Å²) >= 11 is 0. The summed E-state index contributed by atoms with van der Waals surface area (Å²) in [5, 5.41) is 16.8. The molecule has 1 aromatic heterocycles. The molecule has 0 radical (unpaired) electrons. The van der Waals surface area contributed by atoms with Crippen LogP contribution in [0.5, 0.6) is 0 Å². The fourth-order valence-corrected chi connectivity index (χ4v) is 1.93. The third kappa shape index (κ3) is 4.15. The number of benzene rings is 1. The Labute approximate surface area is 136 Å². The van der Waals surface area contributed by atoms with E-state index < -0.39 is 16.8 Å². The number of esters is 1. The Balaban J connectivity index is 1.86. The molecule has 126 valence electrons. The normalized spacial score (nSPS) is 10.2. The largest absolute Gasteiger partial charge is 0.459 e. The number of nitrogens with one attached hydrogen (secondary N) is 1. The highest BCUT2D eigenvalue weighted by Crippen LogP contribution is 2.14. The highest BCUT2D eigenvalue weighted by molar-refractivity contribution is 5.96. The number of nitrogens with zero attached hydrogens (tertiary/aromatic N) is 2. The maximum absolute atomic E-state index is 11.9. The van der Waals surface area contributed by atoms with E-state index >= 15 is 0 Å². The van der Waals surface area contributed by atoms with E-state index in [1.807, 2.05) is 0 Å². The van der Waals surface area contributed by atoms with Crippen LogP contribution in [0, 0.1) is 24.0 Å². The van der Waals surface area contributed by atoms with Crippen molar-refractivity contribution >= 4 is 17.6 Å². The molecule has 0 spiro atoms. The van der Waals surface area contributed by atoms with Crippen molar-refractivity contribution < 1.29 is 23.8 Å². The van der Waals surface area contributed by atoms with Crippen LogP contribution >= 0.6 is 0 Å². The van der Waals surface area contributed by atoms with E-state index in [1.165, 1.54) is 18.2 Å². The minimum Gasteiger partial charge on any atom is -0.459 e. The second-order valence-corrected chi connectivity index (χ2v) is 4.95. The Hall–Kier alpha value is -3.23. The summed E-state index contributed by atoms with van der Waals surface area (Å²) in [7, 11) is 0. The quantitative estimate of drug-likeness (QED) is 0.484. The van der Waals surface area contributed by atoms with Gasteiger partial charge in [-0.25, -0.2) is 0 Å². The summed E-state index contributed by atoms with van der Waals surface area (Å²) in [5.41, 5.74) is 1.18. The molecule has 0 aliphatic carbocycles. The van der Waals surface area contributed by atoms with Crippen molar-refractivity contribution in [3.05, 3.63) is 57.0 Å². The van der Waals surface area contributed by atoms with Gasteiger partial charge in [0.25, 0.3) is 11.6 Å². The summed E-state index contributed by atoms with van der Waals surface area (Å²) in [4.78, 5) is 33.7. The van der Waals surface area contributed by atoms with Gasteiger partial charge in [-0.1, -0.05) is 11.2 Å². The van der Waals surface area contributed by atoms with Gasteiger partial charge >= 0.3 is 5.97 Å². The van der Waals surface area contributed by atoms with Crippen LogP contribution in [0.2, 0.25) is 0 Å². The van der Waals surface area contributed by atoms with Crippen LogP contribution < -0.4 is 5.32 Å². The summed E-state index contributed by atoms with van der Waals surface area (Å²) in [5.74, 6) is -0.692. The number of hydrogen-bond acceptors (Lipinski definition) is 7. The van der Waals surface area contributed by atoms with Crippen LogP contribution in [0.25, 0.3) is 0 Å². The number of nitro groups is 1. The van der Waals surface area contributed by atoms with Gasteiger partial charge in [-0.15, -0.1) is 0 Å². The number of hydrogen-bond donors (Lipinski definition) is 1. The molecule has 9 nitrogen and oxygen atoms in total. The number of ether oxygens (including phenoxy) is 1. The monoisotopic (exact) mass is 333 g/mol. The first kappa shape index (κ1) is 17.1. The molecular formula is C15H15N3O6. The molecule has 0 bridgehead atoms. The minimum absolute atomic E-state index is 0.00726. The van der Waals surface area contributed by atoms with Crippen molar-refractivity contribution in [2.75, 3.05) is 6.54 Å². The van der Waals surface area contributed by atoms with Gasteiger partial charge in [0.1, 0.15) is 18.9 Å². The Morgan fingerprint density at radius 1 is 1.38 bits per heavy atom. The molecule has 9 heteroatoms. The van der Waals surface area contributed by atoms with Gasteiger partial charge in [-0.3, -0.25) is 19.7 Å². The van der Waals surface area contributed by atoms with Gasteiger partial charge in [0, 0.05) is 17.7 Å². The first-order valence-electron chi connectivity index (χ1n) is 6.98. The van der Waals surface area contributed by atoms with Crippen molar-refractivity contribution in [1.29, 1.82) is 0 Å². The number of amides is 1. The highest BCUT2D eigenvalue weighted by atomic mass is 16.6. The Kier molecular flexibility index (Phi) is 5.25. The molecule has 2 rings (SSSR count). The Morgan fingerprint density at radius 3 is 2.75 bits per heavy atom. The summed E-state index contributed by atoms with van der Waals surface area (Å²) < 4.78 is 9.98. The average Bonchev–Trinajstić information content (AvgIpc) is 2.89. The number of carbonyl (C=O) groups excluding carboxylic acids is 2. The fourth-order valence-electron chi connectivity index (χ4n) is 1.93. The van der Waals surface area contributed by atoms with Gasteiger partial charge in [-0.05, 0) is 19.9 Å². The van der Waals surface area contributed by atoms with E-state index in [0.717, 1.165) is 6.07 Å². The van der Waals surface area contributed by atoms with E-state index in [0.29, 0.717) is 17.0 Å². The lowest BCUT2D eigenvalue weighted by Crippen LogP contribution is -2.30. The second-order valence-electron chi connectivity index (χ2n) is 4.95. The Bertz CT molecular complexity index is 764. The van der Waals surface area contributed by atoms with Crippen molar-refractivity contribution in [2.24, 2.45) is 0 Å². The predicted octanol–water partition coefficient (Wildman–Crippen LogP) is 1.67. The third-order valence-electron chi connectivity index (χ3n) is 3.27. The van der Waals surface area contributed by atoms with Crippen molar-refractivity contribution in [3.8, 4) is 0 Å². The molecule has 0 saturated heterocycles. The number of non-ortho nitro benzene ring substituents is 1. The minimum atomic E-state index is -0.645. The molecule has 1 aromatic carbocycles. The lowest BCUT2D eigenvalue weighted by molar-refractivity contribution is -0.384. The Morgan fingerprint density at radius 2 is 2.12 bits per heavy atom. The molecule has 0 fully saturated rings. The molecule has 0 atom stereocenters. The molecule has 1 heterocycles. The van der Waals surface area contributed by atoms with Crippen molar-refractivity contribution in [3.63, 3.8) is 0 Å². The van der Waals surface area contributed by atoms with Gasteiger partial charge in [0.15, 0.2) is 0 Å². The average molecular weight is 333 g/mol. The standard InChI is InChI=1S/C15H15N3O6/c1-9-13(10(2)24-17-9)8-23-14(19)7-16-15(20)11-4-3-5-12(6-11)18(21)22/h3-6H,7-8H2,1-2H3,(H,16,20). The smallest absolute Gasteiger partial charge is 0.325 e. The number of rotatable bonds is 6. The zero-order chi connectivity index (χ0) is 17.7.